The van der Waals surface area contributed by atoms with E-state index in [1.165, 1.54) is 0 Å². The molecule has 1 rings (SSSR count). The van der Waals surface area contributed by atoms with Gasteiger partial charge in [-0.15, -0.1) is 0 Å². The summed E-state index contributed by atoms with van der Waals surface area (Å²) in [5.41, 5.74) is 1.64. The molecule has 0 saturated heterocycles. The van der Waals surface area contributed by atoms with E-state index in [4.69, 9.17) is 34.8 Å². The van der Waals surface area contributed by atoms with Crippen LogP contribution in [0.25, 0.3) is 5.57 Å². The fourth-order valence-corrected chi connectivity index (χ4v) is 2.09. The third kappa shape index (κ3) is 6.60. The van der Waals surface area contributed by atoms with Crippen LogP contribution in [-0.4, -0.2) is 11.7 Å². The molecule has 20 heavy (non-hydrogen) atoms. The first kappa shape index (κ1) is 19.2. The zero-order chi connectivity index (χ0) is 15.5. The number of hydrogen-bond donors (Lipinski definition) is 0. The van der Waals surface area contributed by atoms with Gasteiger partial charge in [0.05, 0.1) is 6.54 Å². The van der Waals surface area contributed by atoms with Crippen molar-refractivity contribution in [1.29, 1.82) is 0 Å². The first-order valence-electron chi connectivity index (χ1n) is 6.50. The topological polar surface area (TPSA) is 12.4 Å². The van der Waals surface area contributed by atoms with Crippen molar-refractivity contribution in [3.05, 3.63) is 52.0 Å². The van der Waals surface area contributed by atoms with Crippen molar-refractivity contribution in [2.24, 2.45) is 4.99 Å². The van der Waals surface area contributed by atoms with Crippen LogP contribution in [0.2, 0.25) is 5.02 Å². The number of rotatable bonds is 4. The number of halogens is 3. The summed E-state index contributed by atoms with van der Waals surface area (Å²) in [6.45, 7) is 8.27. The van der Waals surface area contributed by atoms with E-state index in [-0.39, 0.29) is 0 Å². The average Bonchev–Trinajstić information content (AvgIpc) is 2.43. The van der Waals surface area contributed by atoms with Crippen LogP contribution in [-0.2, 0) is 0 Å². The maximum absolute atomic E-state index is 6.19. The lowest BCUT2D eigenvalue weighted by Gasteiger charge is -2.07. The highest BCUT2D eigenvalue weighted by Gasteiger charge is 2.10. The zero-order valence-corrected chi connectivity index (χ0v) is 14.5. The first-order chi connectivity index (χ1) is 9.56. The number of nitrogens with zero attached hydrogens (tertiary/aromatic N) is 1. The lowest BCUT2D eigenvalue weighted by molar-refractivity contribution is 1.25. The highest BCUT2D eigenvalue weighted by Crippen LogP contribution is 2.26. The molecule has 0 radical (unpaired) electrons. The standard InChI is InChI=1S/C14H14Cl3N.C2H6/c1-3-4-9-18-14(17)13(10(2)15)11-5-7-12(16)8-6-11;1-2/h3-8H,9H2,1-2H3;1-2H3/b4-3?,13-10+,18-14?;. The maximum Gasteiger partial charge on any atom is 0.132 e. The van der Waals surface area contributed by atoms with Crippen molar-refractivity contribution < 1.29 is 0 Å². The molecule has 0 amide bonds. The molecule has 0 saturated carbocycles. The van der Waals surface area contributed by atoms with Gasteiger partial charge in [-0.3, -0.25) is 4.99 Å². The Morgan fingerprint density at radius 3 is 2.15 bits per heavy atom. The Kier molecular flexibility index (Phi) is 10.5. The van der Waals surface area contributed by atoms with Gasteiger partial charge in [0.25, 0.3) is 0 Å². The summed E-state index contributed by atoms with van der Waals surface area (Å²) in [4.78, 5) is 4.25. The molecule has 4 heteroatoms. The Bertz CT molecular complexity index is 481. The molecule has 1 nitrogen and oxygen atoms in total. The van der Waals surface area contributed by atoms with Crippen molar-refractivity contribution in [2.45, 2.75) is 27.7 Å². The van der Waals surface area contributed by atoms with Crippen LogP contribution < -0.4 is 0 Å². The summed E-state index contributed by atoms with van der Waals surface area (Å²) in [6, 6.07) is 7.34. The van der Waals surface area contributed by atoms with Crippen molar-refractivity contribution in [3.8, 4) is 0 Å². The molecular weight excluding hydrogens is 313 g/mol. The van der Waals surface area contributed by atoms with E-state index in [2.05, 4.69) is 4.99 Å². The van der Waals surface area contributed by atoms with Crippen molar-refractivity contribution >= 4 is 45.5 Å². The lowest BCUT2D eigenvalue weighted by Crippen LogP contribution is -1.97. The predicted octanol–water partition coefficient (Wildman–Crippen LogP) is 6.55. The van der Waals surface area contributed by atoms with E-state index < -0.39 is 0 Å². The molecule has 0 unspecified atom stereocenters. The zero-order valence-electron chi connectivity index (χ0n) is 12.3. The highest BCUT2D eigenvalue weighted by atomic mass is 35.5. The molecule has 0 aromatic heterocycles. The van der Waals surface area contributed by atoms with Crippen LogP contribution in [0.15, 0.2) is 46.4 Å². The van der Waals surface area contributed by atoms with E-state index in [0.29, 0.717) is 21.8 Å². The van der Waals surface area contributed by atoms with E-state index >= 15 is 0 Å². The summed E-state index contributed by atoms with van der Waals surface area (Å²) < 4.78 is 0. The Balaban J connectivity index is 0.00000172. The molecule has 0 aliphatic rings. The average molecular weight is 333 g/mol. The second-order valence-electron chi connectivity index (χ2n) is 3.62. The molecule has 1 aromatic carbocycles. The second-order valence-corrected chi connectivity index (χ2v) is 4.98. The predicted molar refractivity (Wildman–Crippen MR) is 94.2 cm³/mol. The van der Waals surface area contributed by atoms with E-state index in [1.54, 1.807) is 19.1 Å². The minimum absolute atomic E-state index is 0.405. The van der Waals surface area contributed by atoms with Crippen molar-refractivity contribution in [1.82, 2.24) is 0 Å². The van der Waals surface area contributed by atoms with E-state index in [0.717, 1.165) is 11.1 Å². The Morgan fingerprint density at radius 2 is 1.70 bits per heavy atom. The summed E-state index contributed by atoms with van der Waals surface area (Å²) in [7, 11) is 0. The number of allylic oxidation sites excluding steroid dienone is 3. The van der Waals surface area contributed by atoms with Crippen LogP contribution in [0.1, 0.15) is 33.3 Å². The van der Waals surface area contributed by atoms with Crippen molar-refractivity contribution in [3.63, 3.8) is 0 Å². The lowest BCUT2D eigenvalue weighted by atomic mass is 10.1. The van der Waals surface area contributed by atoms with Crippen LogP contribution in [0.4, 0.5) is 0 Å². The van der Waals surface area contributed by atoms with Crippen LogP contribution in [0, 0.1) is 0 Å². The van der Waals surface area contributed by atoms with E-state index in [9.17, 15) is 0 Å². The van der Waals surface area contributed by atoms with Crippen LogP contribution in [0.5, 0.6) is 0 Å². The SMILES string of the molecule is CC.CC=CCN=C(Cl)/C(=C(\C)Cl)c1ccc(Cl)cc1. The highest BCUT2D eigenvalue weighted by molar-refractivity contribution is 6.77. The van der Waals surface area contributed by atoms with Gasteiger partial charge in [0.2, 0.25) is 0 Å². The van der Waals surface area contributed by atoms with Gasteiger partial charge in [-0.1, -0.05) is 72.9 Å². The van der Waals surface area contributed by atoms with Gasteiger partial charge in [-0.05, 0) is 31.5 Å². The number of benzene rings is 1. The van der Waals surface area contributed by atoms with E-state index in [1.807, 2.05) is 45.1 Å². The fourth-order valence-electron chi connectivity index (χ4n) is 1.39. The van der Waals surface area contributed by atoms with Gasteiger partial charge in [0.1, 0.15) is 5.17 Å². The van der Waals surface area contributed by atoms with Gasteiger partial charge in [0.15, 0.2) is 0 Å². The molecule has 0 aliphatic heterocycles. The molecule has 0 bridgehead atoms. The van der Waals surface area contributed by atoms with Gasteiger partial charge >= 0.3 is 0 Å². The van der Waals surface area contributed by atoms with Crippen LogP contribution in [0.3, 0.4) is 0 Å². The maximum atomic E-state index is 6.19. The number of aliphatic imine (C=N–C) groups is 1. The quantitative estimate of drug-likeness (QED) is 0.438. The molecule has 1 aromatic rings. The largest absolute Gasteiger partial charge is 0.268 e. The minimum Gasteiger partial charge on any atom is -0.268 e. The summed E-state index contributed by atoms with van der Waals surface area (Å²) in [6.07, 6.45) is 3.85. The molecule has 110 valence electrons. The first-order valence-corrected chi connectivity index (χ1v) is 7.63. The Morgan fingerprint density at radius 1 is 1.15 bits per heavy atom. The molecule has 0 atom stereocenters. The molecule has 0 fully saturated rings. The van der Waals surface area contributed by atoms with Crippen molar-refractivity contribution in [2.75, 3.05) is 6.54 Å². The molecule has 0 heterocycles. The second kappa shape index (κ2) is 11.0. The van der Waals surface area contributed by atoms with Gasteiger partial charge in [0, 0.05) is 15.6 Å². The van der Waals surface area contributed by atoms with Gasteiger partial charge in [-0.25, -0.2) is 0 Å². The van der Waals surface area contributed by atoms with Gasteiger partial charge in [-0.2, -0.15) is 0 Å². The summed E-state index contributed by atoms with van der Waals surface area (Å²) >= 11 is 18.1. The fraction of sp³-hybridized carbons (Fsp3) is 0.312. The monoisotopic (exact) mass is 331 g/mol. The minimum atomic E-state index is 0.405. The smallest absolute Gasteiger partial charge is 0.132 e. The Labute approximate surface area is 137 Å². The third-order valence-electron chi connectivity index (χ3n) is 2.25. The van der Waals surface area contributed by atoms with Crippen LogP contribution >= 0.6 is 34.8 Å². The Hall–Kier alpha value is -0.760. The summed E-state index contributed by atoms with van der Waals surface area (Å²) in [5.74, 6) is 0. The molecule has 0 aliphatic carbocycles. The number of hydrogen-bond acceptors (Lipinski definition) is 1. The molecule has 0 N–H and O–H groups in total. The normalized spacial score (nSPS) is 12.8. The molecule has 0 spiro atoms. The third-order valence-corrected chi connectivity index (χ3v) is 3.00. The van der Waals surface area contributed by atoms with Gasteiger partial charge < -0.3 is 0 Å². The molecular formula is C16H20Cl3N. The summed E-state index contributed by atoms with van der Waals surface area (Å²) in [5, 5.41) is 1.68.